The first-order chi connectivity index (χ1) is 8.41. The number of nitrogens with one attached hydrogen (secondary N) is 1. The summed E-state index contributed by atoms with van der Waals surface area (Å²) in [6.07, 6.45) is 0.535. The van der Waals surface area contributed by atoms with Crippen LogP contribution in [0.4, 0.5) is 0 Å². The highest BCUT2D eigenvalue weighted by atomic mass is 79.9. The summed E-state index contributed by atoms with van der Waals surface area (Å²) in [6, 6.07) is 6.58. The Morgan fingerprint density at radius 2 is 2.11 bits per heavy atom. The van der Waals surface area contributed by atoms with Gasteiger partial charge >= 0.3 is 0 Å². The van der Waals surface area contributed by atoms with Crippen LogP contribution >= 0.6 is 15.9 Å². The quantitative estimate of drug-likeness (QED) is 0.906. The Hall–Kier alpha value is -0.870. The van der Waals surface area contributed by atoms with Crippen LogP contribution in [0.3, 0.4) is 0 Å². The molecule has 3 nitrogen and oxygen atoms in total. The number of nitrogens with zero attached hydrogens (tertiary/aromatic N) is 1. The van der Waals surface area contributed by atoms with E-state index in [4.69, 9.17) is 0 Å². The van der Waals surface area contributed by atoms with Crippen LogP contribution in [0.15, 0.2) is 22.7 Å². The predicted molar refractivity (Wildman–Crippen MR) is 78.6 cm³/mol. The summed E-state index contributed by atoms with van der Waals surface area (Å²) in [4.78, 5) is 13.1. The van der Waals surface area contributed by atoms with E-state index in [0.717, 1.165) is 4.47 Å². The fourth-order valence-corrected chi connectivity index (χ4v) is 1.92. The highest BCUT2D eigenvalue weighted by Crippen LogP contribution is 2.21. The molecule has 1 amide bonds. The Labute approximate surface area is 118 Å². The smallest absolute Gasteiger partial charge is 0.223 e. The van der Waals surface area contributed by atoms with E-state index in [1.165, 1.54) is 11.1 Å². The highest BCUT2D eigenvalue weighted by molar-refractivity contribution is 9.10. The maximum absolute atomic E-state index is 11.4. The summed E-state index contributed by atoms with van der Waals surface area (Å²) in [7, 11) is 3.56. The van der Waals surface area contributed by atoms with Crippen LogP contribution in [-0.4, -0.2) is 31.4 Å². The molecule has 0 radical (unpaired) electrons. The number of hydrogen-bond donors (Lipinski definition) is 1. The molecular formula is C14H21BrN2O. The molecule has 0 bridgehead atoms. The van der Waals surface area contributed by atoms with Crippen LogP contribution in [-0.2, 0) is 4.79 Å². The van der Waals surface area contributed by atoms with Crippen molar-refractivity contribution in [2.24, 2.45) is 0 Å². The largest absolute Gasteiger partial charge is 0.349 e. The Morgan fingerprint density at radius 1 is 1.44 bits per heavy atom. The summed E-state index contributed by atoms with van der Waals surface area (Å²) in [5, 5.41) is 3.37. The summed E-state index contributed by atoms with van der Waals surface area (Å²) >= 11 is 3.50. The molecule has 4 heteroatoms. The van der Waals surface area contributed by atoms with Crippen molar-refractivity contribution in [3.8, 4) is 0 Å². The molecule has 0 aliphatic carbocycles. The van der Waals surface area contributed by atoms with E-state index >= 15 is 0 Å². The first kappa shape index (κ1) is 15.2. The molecule has 1 rings (SSSR count). The number of amides is 1. The number of aryl methyl sites for hydroxylation is 1. The molecule has 0 saturated heterocycles. The zero-order valence-corrected chi connectivity index (χ0v) is 13.0. The molecule has 0 aliphatic heterocycles. The molecule has 1 N–H and O–H groups in total. The highest BCUT2D eigenvalue weighted by Gasteiger charge is 2.08. The molecule has 1 aromatic carbocycles. The van der Waals surface area contributed by atoms with Gasteiger partial charge in [-0.05, 0) is 31.0 Å². The van der Waals surface area contributed by atoms with Crippen molar-refractivity contribution in [2.75, 3.05) is 20.6 Å². The average Bonchev–Trinajstić information content (AvgIpc) is 2.32. The van der Waals surface area contributed by atoms with Gasteiger partial charge in [0.25, 0.3) is 0 Å². The third-order valence-corrected chi connectivity index (χ3v) is 3.86. The molecule has 0 spiro atoms. The predicted octanol–water partition coefficient (Wildman–Crippen LogP) is 2.89. The van der Waals surface area contributed by atoms with E-state index in [2.05, 4.69) is 53.3 Å². The van der Waals surface area contributed by atoms with Crippen LogP contribution < -0.4 is 5.32 Å². The summed E-state index contributed by atoms with van der Waals surface area (Å²) < 4.78 is 1.13. The average molecular weight is 313 g/mol. The molecule has 1 unspecified atom stereocenters. The van der Waals surface area contributed by atoms with Gasteiger partial charge < -0.3 is 10.2 Å². The topological polar surface area (TPSA) is 32.3 Å². The van der Waals surface area contributed by atoms with Crippen LogP contribution in [0.25, 0.3) is 0 Å². The lowest BCUT2D eigenvalue weighted by Crippen LogP contribution is -2.28. The Bertz CT molecular complexity index is 418. The monoisotopic (exact) mass is 312 g/mol. The van der Waals surface area contributed by atoms with Gasteiger partial charge in [0.15, 0.2) is 0 Å². The first-order valence-corrected chi connectivity index (χ1v) is 6.90. The second-order valence-corrected chi connectivity index (χ2v) is 5.58. The SMILES string of the molecule is Cc1cc(C(C)NCCC(=O)N(C)C)ccc1Br. The molecule has 0 fully saturated rings. The van der Waals surface area contributed by atoms with Gasteiger partial charge in [-0.3, -0.25) is 4.79 Å². The third-order valence-electron chi connectivity index (χ3n) is 2.97. The summed E-state index contributed by atoms with van der Waals surface area (Å²) in [5.74, 6) is 0.154. The molecular weight excluding hydrogens is 292 g/mol. The van der Waals surface area contributed by atoms with Crippen LogP contribution in [0.1, 0.15) is 30.5 Å². The number of halogens is 1. The van der Waals surface area contributed by atoms with Gasteiger partial charge in [-0.25, -0.2) is 0 Å². The van der Waals surface area contributed by atoms with E-state index in [1.807, 2.05) is 0 Å². The number of rotatable bonds is 5. The maximum atomic E-state index is 11.4. The lowest BCUT2D eigenvalue weighted by molar-refractivity contribution is -0.128. The van der Waals surface area contributed by atoms with E-state index < -0.39 is 0 Å². The van der Waals surface area contributed by atoms with Crippen molar-refractivity contribution in [2.45, 2.75) is 26.3 Å². The van der Waals surface area contributed by atoms with E-state index in [0.29, 0.717) is 13.0 Å². The first-order valence-electron chi connectivity index (χ1n) is 6.11. The van der Waals surface area contributed by atoms with Crippen molar-refractivity contribution < 1.29 is 4.79 Å². The van der Waals surface area contributed by atoms with Gasteiger partial charge in [0.1, 0.15) is 0 Å². The molecule has 0 saturated carbocycles. The van der Waals surface area contributed by atoms with Crippen LogP contribution in [0.2, 0.25) is 0 Å². The van der Waals surface area contributed by atoms with Crippen molar-refractivity contribution in [1.82, 2.24) is 10.2 Å². The van der Waals surface area contributed by atoms with Gasteiger partial charge in [0.05, 0.1) is 0 Å². The molecule has 18 heavy (non-hydrogen) atoms. The van der Waals surface area contributed by atoms with Crippen molar-refractivity contribution in [3.05, 3.63) is 33.8 Å². The molecule has 0 aliphatic rings. The van der Waals surface area contributed by atoms with E-state index in [9.17, 15) is 4.79 Å². The molecule has 100 valence electrons. The van der Waals surface area contributed by atoms with E-state index in [1.54, 1.807) is 19.0 Å². The Balaban J connectivity index is 2.48. The second kappa shape index (κ2) is 6.90. The number of benzene rings is 1. The second-order valence-electron chi connectivity index (χ2n) is 4.72. The van der Waals surface area contributed by atoms with Gasteiger partial charge in [-0.1, -0.05) is 28.1 Å². The zero-order valence-electron chi connectivity index (χ0n) is 11.5. The van der Waals surface area contributed by atoms with Gasteiger partial charge in [-0.15, -0.1) is 0 Å². The van der Waals surface area contributed by atoms with Crippen molar-refractivity contribution in [3.63, 3.8) is 0 Å². The molecule has 1 atom stereocenters. The Morgan fingerprint density at radius 3 is 2.67 bits per heavy atom. The minimum absolute atomic E-state index is 0.154. The van der Waals surface area contributed by atoms with Crippen LogP contribution in [0, 0.1) is 6.92 Å². The number of hydrogen-bond acceptors (Lipinski definition) is 2. The van der Waals surface area contributed by atoms with Crippen LogP contribution in [0.5, 0.6) is 0 Å². The van der Waals surface area contributed by atoms with Crippen molar-refractivity contribution in [1.29, 1.82) is 0 Å². The number of carbonyl (C=O) groups is 1. The maximum Gasteiger partial charge on any atom is 0.223 e. The van der Waals surface area contributed by atoms with Crippen molar-refractivity contribution >= 4 is 21.8 Å². The molecule has 0 heterocycles. The normalized spacial score (nSPS) is 12.3. The lowest BCUT2D eigenvalue weighted by Gasteiger charge is -2.16. The summed E-state index contributed by atoms with van der Waals surface area (Å²) in [5.41, 5.74) is 2.47. The Kier molecular flexibility index (Phi) is 5.82. The minimum atomic E-state index is 0.154. The summed E-state index contributed by atoms with van der Waals surface area (Å²) in [6.45, 7) is 4.89. The van der Waals surface area contributed by atoms with Gasteiger partial charge in [0.2, 0.25) is 5.91 Å². The third kappa shape index (κ3) is 4.42. The zero-order chi connectivity index (χ0) is 13.7. The molecule has 0 aromatic heterocycles. The number of carbonyl (C=O) groups excluding carboxylic acids is 1. The molecule has 1 aromatic rings. The minimum Gasteiger partial charge on any atom is -0.349 e. The fraction of sp³-hybridized carbons (Fsp3) is 0.500. The van der Waals surface area contributed by atoms with Gasteiger partial charge in [0, 0.05) is 37.6 Å². The van der Waals surface area contributed by atoms with Gasteiger partial charge in [-0.2, -0.15) is 0 Å². The standard InChI is InChI=1S/C14H21BrN2O/c1-10-9-12(5-6-13(10)15)11(2)16-8-7-14(18)17(3)4/h5-6,9,11,16H,7-8H2,1-4H3. The van der Waals surface area contributed by atoms with E-state index in [-0.39, 0.29) is 11.9 Å². The fourth-order valence-electron chi connectivity index (χ4n) is 1.67. The lowest BCUT2D eigenvalue weighted by atomic mass is 10.1.